The molecule has 5 nitrogen and oxygen atoms in total. The van der Waals surface area contributed by atoms with Gasteiger partial charge in [-0.3, -0.25) is 4.79 Å². The van der Waals surface area contributed by atoms with Gasteiger partial charge in [0, 0.05) is 24.6 Å². The van der Waals surface area contributed by atoms with Gasteiger partial charge >= 0.3 is 0 Å². The summed E-state index contributed by atoms with van der Waals surface area (Å²) in [5.74, 6) is -0.185. The zero-order valence-corrected chi connectivity index (χ0v) is 10.2. The number of anilines is 1. The Bertz CT molecular complexity index is 520. The molecule has 0 saturated carbocycles. The predicted octanol–water partition coefficient (Wildman–Crippen LogP) is 1.22. The average molecular weight is 244 g/mol. The Labute approximate surface area is 106 Å². The van der Waals surface area contributed by atoms with Crippen molar-refractivity contribution < 1.29 is 4.79 Å². The van der Waals surface area contributed by atoms with Crippen LogP contribution in [-0.4, -0.2) is 21.5 Å². The molecule has 1 aromatic carbocycles. The summed E-state index contributed by atoms with van der Waals surface area (Å²) in [4.78, 5) is 15.5. The summed E-state index contributed by atoms with van der Waals surface area (Å²) in [6, 6.07) is 7.17. The number of nitrogens with two attached hydrogens (primary N) is 1. The molecule has 0 radical (unpaired) electrons. The summed E-state index contributed by atoms with van der Waals surface area (Å²) in [6.45, 7) is 2.38. The fourth-order valence-electron chi connectivity index (χ4n) is 1.59. The van der Waals surface area contributed by atoms with E-state index in [4.69, 9.17) is 5.73 Å². The van der Waals surface area contributed by atoms with Crippen LogP contribution >= 0.6 is 0 Å². The van der Waals surface area contributed by atoms with Crippen LogP contribution in [0.5, 0.6) is 0 Å². The molecule has 1 amide bonds. The van der Waals surface area contributed by atoms with Crippen LogP contribution in [0.2, 0.25) is 0 Å². The normalized spacial score (nSPS) is 12.1. The first kappa shape index (κ1) is 12.3. The van der Waals surface area contributed by atoms with Crippen molar-refractivity contribution in [3.8, 4) is 0 Å². The van der Waals surface area contributed by atoms with Crippen molar-refractivity contribution in [3.63, 3.8) is 0 Å². The van der Waals surface area contributed by atoms with Crippen LogP contribution in [0, 0.1) is 0 Å². The first-order valence-electron chi connectivity index (χ1n) is 5.76. The summed E-state index contributed by atoms with van der Waals surface area (Å²) in [7, 11) is 0. The number of rotatable bonds is 4. The number of amides is 1. The monoisotopic (exact) mass is 244 g/mol. The van der Waals surface area contributed by atoms with Gasteiger partial charge in [0.15, 0.2) is 0 Å². The van der Waals surface area contributed by atoms with E-state index in [9.17, 15) is 4.79 Å². The second-order valence-electron chi connectivity index (χ2n) is 4.21. The molecule has 0 unspecified atom stereocenters. The van der Waals surface area contributed by atoms with Gasteiger partial charge in [-0.25, -0.2) is 4.98 Å². The van der Waals surface area contributed by atoms with Crippen LogP contribution in [0.25, 0.3) is 0 Å². The molecule has 3 N–H and O–H groups in total. The maximum absolute atomic E-state index is 11.5. The molecule has 0 aliphatic carbocycles. The second kappa shape index (κ2) is 5.46. The molecule has 2 aromatic rings. The minimum absolute atomic E-state index is 0.185. The van der Waals surface area contributed by atoms with Gasteiger partial charge in [-0.15, -0.1) is 0 Å². The Hall–Kier alpha value is -2.14. The first-order valence-corrected chi connectivity index (χ1v) is 5.76. The third-order valence-corrected chi connectivity index (χ3v) is 2.53. The molecule has 1 atom stereocenters. The number of nitrogens with one attached hydrogen (secondary N) is 1. The largest absolute Gasteiger partial charge is 0.333 e. The standard InChI is InChI=1S/C13H16N4O/c1-10(14)13(18)16-12-4-2-3-11(7-12)8-17-6-5-15-9-17/h2-7,9-10H,8,14H2,1H3,(H,16,18)/t10-/m1/s1. The number of carbonyl (C=O) groups excluding carboxylic acids is 1. The number of hydrogen-bond acceptors (Lipinski definition) is 3. The highest BCUT2D eigenvalue weighted by Gasteiger charge is 2.07. The minimum Gasteiger partial charge on any atom is -0.333 e. The van der Waals surface area contributed by atoms with Gasteiger partial charge in [0.2, 0.25) is 5.91 Å². The van der Waals surface area contributed by atoms with Crippen molar-refractivity contribution >= 4 is 11.6 Å². The van der Waals surface area contributed by atoms with Crippen molar-refractivity contribution in [2.75, 3.05) is 5.32 Å². The summed E-state index contributed by atoms with van der Waals surface area (Å²) >= 11 is 0. The fraction of sp³-hybridized carbons (Fsp3) is 0.231. The molecular weight excluding hydrogens is 228 g/mol. The molecule has 0 bridgehead atoms. The van der Waals surface area contributed by atoms with E-state index in [1.807, 2.05) is 35.0 Å². The molecular formula is C13H16N4O. The predicted molar refractivity (Wildman–Crippen MR) is 70.1 cm³/mol. The Morgan fingerprint density at radius 3 is 3.06 bits per heavy atom. The fourth-order valence-corrected chi connectivity index (χ4v) is 1.59. The summed E-state index contributed by atoms with van der Waals surface area (Å²) < 4.78 is 1.96. The van der Waals surface area contributed by atoms with Crippen LogP contribution < -0.4 is 11.1 Å². The van der Waals surface area contributed by atoms with Crippen molar-refractivity contribution in [2.45, 2.75) is 19.5 Å². The van der Waals surface area contributed by atoms with Crippen LogP contribution in [0.1, 0.15) is 12.5 Å². The molecule has 5 heteroatoms. The Balaban J connectivity index is 2.08. The van der Waals surface area contributed by atoms with Crippen LogP contribution in [0.15, 0.2) is 43.0 Å². The van der Waals surface area contributed by atoms with E-state index in [2.05, 4.69) is 10.3 Å². The molecule has 0 saturated heterocycles. The summed E-state index contributed by atoms with van der Waals surface area (Å²) in [6.07, 6.45) is 5.39. The van der Waals surface area contributed by atoms with E-state index in [1.165, 1.54) is 0 Å². The van der Waals surface area contributed by atoms with Gasteiger partial charge in [0.1, 0.15) is 0 Å². The third-order valence-electron chi connectivity index (χ3n) is 2.53. The Kier molecular flexibility index (Phi) is 3.74. The van der Waals surface area contributed by atoms with Crippen molar-refractivity contribution in [1.29, 1.82) is 0 Å². The van der Waals surface area contributed by atoms with Crippen molar-refractivity contribution in [2.24, 2.45) is 5.73 Å². The highest BCUT2D eigenvalue weighted by molar-refractivity contribution is 5.94. The van der Waals surface area contributed by atoms with E-state index in [-0.39, 0.29) is 5.91 Å². The molecule has 18 heavy (non-hydrogen) atoms. The number of hydrogen-bond donors (Lipinski definition) is 2. The highest BCUT2D eigenvalue weighted by Crippen LogP contribution is 2.12. The maximum atomic E-state index is 11.5. The van der Waals surface area contributed by atoms with Crippen molar-refractivity contribution in [3.05, 3.63) is 48.5 Å². The summed E-state index contributed by atoms with van der Waals surface area (Å²) in [5.41, 5.74) is 7.36. The number of imidazole rings is 1. The highest BCUT2D eigenvalue weighted by atomic mass is 16.2. The van der Waals surface area contributed by atoms with E-state index in [1.54, 1.807) is 19.4 Å². The molecule has 1 heterocycles. The van der Waals surface area contributed by atoms with Gasteiger partial charge in [0.25, 0.3) is 0 Å². The van der Waals surface area contributed by atoms with E-state index in [0.717, 1.165) is 17.8 Å². The number of carbonyl (C=O) groups is 1. The Morgan fingerprint density at radius 2 is 2.39 bits per heavy atom. The quantitative estimate of drug-likeness (QED) is 0.849. The van der Waals surface area contributed by atoms with Gasteiger partial charge in [0.05, 0.1) is 12.4 Å². The van der Waals surface area contributed by atoms with E-state index >= 15 is 0 Å². The van der Waals surface area contributed by atoms with E-state index in [0.29, 0.717) is 0 Å². The Morgan fingerprint density at radius 1 is 1.56 bits per heavy atom. The molecule has 0 aliphatic rings. The first-order chi connectivity index (χ1) is 8.65. The third kappa shape index (κ3) is 3.18. The summed E-state index contributed by atoms with van der Waals surface area (Å²) in [5, 5.41) is 2.77. The SMILES string of the molecule is C[C@@H](N)C(=O)Nc1cccc(Cn2ccnc2)c1. The topological polar surface area (TPSA) is 72.9 Å². The molecule has 0 aliphatic heterocycles. The lowest BCUT2D eigenvalue weighted by atomic mass is 10.2. The molecule has 1 aromatic heterocycles. The van der Waals surface area contributed by atoms with Crippen LogP contribution in [0.4, 0.5) is 5.69 Å². The second-order valence-corrected chi connectivity index (χ2v) is 4.21. The smallest absolute Gasteiger partial charge is 0.240 e. The average Bonchev–Trinajstić information content (AvgIpc) is 2.82. The van der Waals surface area contributed by atoms with Gasteiger partial charge in [-0.2, -0.15) is 0 Å². The lowest BCUT2D eigenvalue weighted by molar-refractivity contribution is -0.117. The van der Waals surface area contributed by atoms with Crippen LogP contribution in [0.3, 0.4) is 0 Å². The molecule has 2 rings (SSSR count). The van der Waals surface area contributed by atoms with Crippen molar-refractivity contribution in [1.82, 2.24) is 9.55 Å². The molecule has 0 spiro atoms. The maximum Gasteiger partial charge on any atom is 0.240 e. The zero-order chi connectivity index (χ0) is 13.0. The number of aromatic nitrogens is 2. The molecule has 94 valence electrons. The lowest BCUT2D eigenvalue weighted by Crippen LogP contribution is -2.32. The number of nitrogens with zero attached hydrogens (tertiary/aromatic N) is 2. The van der Waals surface area contributed by atoms with Gasteiger partial charge < -0.3 is 15.6 Å². The zero-order valence-electron chi connectivity index (χ0n) is 10.2. The molecule has 0 fully saturated rings. The lowest BCUT2D eigenvalue weighted by Gasteiger charge is -2.09. The van der Waals surface area contributed by atoms with Crippen LogP contribution in [-0.2, 0) is 11.3 Å². The number of benzene rings is 1. The van der Waals surface area contributed by atoms with Gasteiger partial charge in [-0.1, -0.05) is 12.1 Å². The van der Waals surface area contributed by atoms with Gasteiger partial charge in [-0.05, 0) is 24.6 Å². The van der Waals surface area contributed by atoms with E-state index < -0.39 is 6.04 Å². The minimum atomic E-state index is -0.512.